The third-order valence-electron chi connectivity index (χ3n) is 2.63. The molecule has 1 aliphatic rings. The number of hydrogen-bond donors (Lipinski definition) is 3. The first kappa shape index (κ1) is 11.4. The largest absolute Gasteiger partial charge is 0.348 e. The van der Waals surface area contributed by atoms with Gasteiger partial charge in [0.2, 0.25) is 0 Å². The van der Waals surface area contributed by atoms with Crippen molar-refractivity contribution in [3.63, 3.8) is 0 Å². The van der Waals surface area contributed by atoms with Crippen molar-refractivity contribution in [2.75, 3.05) is 11.5 Å². The fourth-order valence-electron chi connectivity index (χ4n) is 1.79. The molecule has 1 heterocycles. The number of carbonyl (C=O) groups is 1. The Bertz CT molecular complexity index is 380. The molecule has 5 heteroatoms. The van der Waals surface area contributed by atoms with Crippen molar-refractivity contribution in [1.29, 1.82) is 0 Å². The van der Waals surface area contributed by atoms with E-state index in [1.165, 1.54) is 0 Å². The van der Waals surface area contributed by atoms with Crippen LogP contribution in [-0.2, 0) is 0 Å². The molecule has 0 radical (unpaired) electrons. The summed E-state index contributed by atoms with van der Waals surface area (Å²) in [6.45, 7) is 0. The zero-order valence-corrected chi connectivity index (χ0v) is 9.61. The van der Waals surface area contributed by atoms with E-state index in [0.717, 1.165) is 0 Å². The van der Waals surface area contributed by atoms with Crippen LogP contribution in [0.15, 0.2) is 30.3 Å². The van der Waals surface area contributed by atoms with Gasteiger partial charge in [0.1, 0.15) is 0 Å². The molecular formula is C11H15NO3S. The third-order valence-corrected chi connectivity index (χ3v) is 4.46. The van der Waals surface area contributed by atoms with Gasteiger partial charge in [-0.1, -0.05) is 18.2 Å². The highest BCUT2D eigenvalue weighted by atomic mass is 32.3. The zero-order valence-electron chi connectivity index (χ0n) is 8.80. The fourth-order valence-corrected chi connectivity index (χ4v) is 3.52. The maximum absolute atomic E-state index is 11.7. The van der Waals surface area contributed by atoms with Gasteiger partial charge in [-0.05, 0) is 18.6 Å². The first-order chi connectivity index (χ1) is 7.57. The van der Waals surface area contributed by atoms with E-state index in [1.54, 1.807) is 24.3 Å². The van der Waals surface area contributed by atoms with Crippen molar-refractivity contribution in [1.82, 2.24) is 5.32 Å². The standard InChI is InChI=1S/C11H15NO3S/c13-11(9-4-2-1-3-5-9)12-10-6-7-16(14,15)8-10/h1-5,10,14-15H,6-8H2,(H,12,13)/t10-/m1/s1. The molecule has 1 aliphatic heterocycles. The lowest BCUT2D eigenvalue weighted by Gasteiger charge is -2.26. The Labute approximate surface area is 96.0 Å². The molecule has 0 spiro atoms. The summed E-state index contributed by atoms with van der Waals surface area (Å²) in [6.07, 6.45) is 0.640. The fraction of sp³-hybridized carbons (Fsp3) is 0.364. The summed E-state index contributed by atoms with van der Waals surface area (Å²) in [5.41, 5.74) is 0.603. The van der Waals surface area contributed by atoms with E-state index in [-0.39, 0.29) is 17.7 Å². The van der Waals surface area contributed by atoms with E-state index < -0.39 is 10.6 Å². The van der Waals surface area contributed by atoms with Crippen LogP contribution in [0.2, 0.25) is 0 Å². The van der Waals surface area contributed by atoms with Gasteiger partial charge in [-0.15, -0.1) is 0 Å². The van der Waals surface area contributed by atoms with Crippen LogP contribution >= 0.6 is 10.6 Å². The Morgan fingerprint density at radius 3 is 2.56 bits per heavy atom. The van der Waals surface area contributed by atoms with E-state index in [4.69, 9.17) is 0 Å². The van der Waals surface area contributed by atoms with Gasteiger partial charge in [0.15, 0.2) is 0 Å². The molecule has 3 N–H and O–H groups in total. The quantitative estimate of drug-likeness (QED) is 0.741. The summed E-state index contributed by atoms with van der Waals surface area (Å²) < 4.78 is 18.9. The minimum Gasteiger partial charge on any atom is -0.348 e. The van der Waals surface area contributed by atoms with Crippen LogP contribution in [0.3, 0.4) is 0 Å². The van der Waals surface area contributed by atoms with Gasteiger partial charge in [0, 0.05) is 17.4 Å². The van der Waals surface area contributed by atoms with Crippen LogP contribution in [0.1, 0.15) is 16.8 Å². The van der Waals surface area contributed by atoms with Crippen molar-refractivity contribution >= 4 is 16.5 Å². The normalized spacial score (nSPS) is 25.0. The van der Waals surface area contributed by atoms with Crippen LogP contribution in [0.25, 0.3) is 0 Å². The van der Waals surface area contributed by atoms with Crippen molar-refractivity contribution in [2.24, 2.45) is 0 Å². The molecule has 0 saturated carbocycles. The van der Waals surface area contributed by atoms with E-state index in [1.807, 2.05) is 6.07 Å². The average Bonchev–Trinajstić information content (AvgIpc) is 2.59. The summed E-state index contributed by atoms with van der Waals surface area (Å²) >= 11 is 0. The summed E-state index contributed by atoms with van der Waals surface area (Å²) in [5.74, 6) is 0.529. The number of hydrogen-bond acceptors (Lipinski definition) is 3. The molecule has 0 aromatic heterocycles. The Kier molecular flexibility index (Phi) is 3.18. The monoisotopic (exact) mass is 241 g/mol. The molecule has 0 aliphatic carbocycles. The molecule has 0 unspecified atom stereocenters. The molecule has 88 valence electrons. The molecular weight excluding hydrogens is 226 g/mol. The predicted octanol–water partition coefficient (Wildman–Crippen LogP) is 1.94. The lowest BCUT2D eigenvalue weighted by Crippen LogP contribution is -2.35. The van der Waals surface area contributed by atoms with Crippen LogP contribution in [-0.4, -0.2) is 32.6 Å². The second kappa shape index (κ2) is 4.45. The van der Waals surface area contributed by atoms with E-state index in [0.29, 0.717) is 17.7 Å². The molecule has 1 atom stereocenters. The predicted molar refractivity (Wildman–Crippen MR) is 64.9 cm³/mol. The molecule has 0 bridgehead atoms. The van der Waals surface area contributed by atoms with E-state index in [9.17, 15) is 13.9 Å². The van der Waals surface area contributed by atoms with Gasteiger partial charge in [0.25, 0.3) is 5.91 Å². The van der Waals surface area contributed by atoms with Crippen LogP contribution in [0.4, 0.5) is 0 Å². The smallest absolute Gasteiger partial charge is 0.251 e. The lowest BCUT2D eigenvalue weighted by atomic mass is 10.2. The Hall–Kier alpha value is -1.04. The highest BCUT2D eigenvalue weighted by Crippen LogP contribution is 2.45. The summed E-state index contributed by atoms with van der Waals surface area (Å²) in [7, 11) is -2.44. The highest BCUT2D eigenvalue weighted by molar-refractivity contribution is 8.24. The van der Waals surface area contributed by atoms with Crippen molar-refractivity contribution < 1.29 is 13.9 Å². The molecule has 2 rings (SSSR count). The summed E-state index contributed by atoms with van der Waals surface area (Å²) in [5, 5.41) is 2.81. The Morgan fingerprint density at radius 1 is 1.31 bits per heavy atom. The molecule has 16 heavy (non-hydrogen) atoms. The van der Waals surface area contributed by atoms with E-state index >= 15 is 0 Å². The number of benzene rings is 1. The second-order valence-electron chi connectivity index (χ2n) is 4.00. The topological polar surface area (TPSA) is 69.6 Å². The molecule has 1 aromatic carbocycles. The first-order valence-corrected chi connectivity index (χ1v) is 7.05. The maximum atomic E-state index is 11.7. The van der Waals surface area contributed by atoms with Crippen molar-refractivity contribution in [3.8, 4) is 0 Å². The Morgan fingerprint density at radius 2 is 2.00 bits per heavy atom. The first-order valence-electron chi connectivity index (χ1n) is 5.16. The molecule has 1 fully saturated rings. The molecule has 1 amide bonds. The average molecular weight is 241 g/mol. The van der Waals surface area contributed by atoms with Gasteiger partial charge >= 0.3 is 0 Å². The van der Waals surface area contributed by atoms with Crippen molar-refractivity contribution in [3.05, 3.63) is 35.9 Å². The van der Waals surface area contributed by atoms with Gasteiger partial charge < -0.3 is 5.32 Å². The van der Waals surface area contributed by atoms with Crippen LogP contribution < -0.4 is 5.32 Å². The van der Waals surface area contributed by atoms with Gasteiger partial charge in [-0.2, -0.15) is 10.6 Å². The summed E-state index contributed by atoms with van der Waals surface area (Å²) in [4.78, 5) is 11.7. The van der Waals surface area contributed by atoms with Crippen LogP contribution in [0.5, 0.6) is 0 Å². The van der Waals surface area contributed by atoms with Crippen LogP contribution in [0, 0.1) is 0 Å². The zero-order chi connectivity index (χ0) is 11.6. The maximum Gasteiger partial charge on any atom is 0.251 e. The number of nitrogens with one attached hydrogen (secondary N) is 1. The van der Waals surface area contributed by atoms with Gasteiger partial charge in [-0.3, -0.25) is 13.9 Å². The molecule has 1 aromatic rings. The number of rotatable bonds is 2. The van der Waals surface area contributed by atoms with Crippen molar-refractivity contribution in [2.45, 2.75) is 12.5 Å². The SMILES string of the molecule is O=C(N[C@@H]1CCS(O)(O)C1)c1ccccc1. The Balaban J connectivity index is 1.94. The van der Waals surface area contributed by atoms with Gasteiger partial charge in [-0.25, -0.2) is 0 Å². The molecule has 1 saturated heterocycles. The highest BCUT2D eigenvalue weighted by Gasteiger charge is 2.29. The van der Waals surface area contributed by atoms with E-state index in [2.05, 4.69) is 5.32 Å². The third kappa shape index (κ3) is 2.75. The second-order valence-corrected chi connectivity index (χ2v) is 6.34. The number of amides is 1. The molecule has 4 nitrogen and oxygen atoms in total. The lowest BCUT2D eigenvalue weighted by molar-refractivity contribution is 0.0941. The van der Waals surface area contributed by atoms with Gasteiger partial charge in [0.05, 0.1) is 5.75 Å². The minimum atomic E-state index is -2.44. The minimum absolute atomic E-state index is 0.113. The number of carbonyl (C=O) groups excluding carboxylic acids is 1. The summed E-state index contributed by atoms with van der Waals surface area (Å²) in [6, 6.07) is 8.82.